The standard InChI is InChI=1S/C22H19N3O2S/c1-16-4-8-18(9-5-16)23-22-24-19(15-28-22)14-27-21(26)17-6-10-20(11-7-17)25-12-2-3-13-25/h2-13,15H,14H2,1H3,(H,23,24). The fourth-order valence-corrected chi connectivity index (χ4v) is 3.41. The van der Waals surface area contributed by atoms with Crippen molar-refractivity contribution in [1.82, 2.24) is 9.55 Å². The Morgan fingerprint density at radius 2 is 1.79 bits per heavy atom. The van der Waals surface area contributed by atoms with Crippen LogP contribution in [-0.2, 0) is 11.3 Å². The lowest BCUT2D eigenvalue weighted by atomic mass is 10.2. The maximum absolute atomic E-state index is 12.3. The van der Waals surface area contributed by atoms with Crippen LogP contribution in [0, 0.1) is 6.92 Å². The lowest BCUT2D eigenvalue weighted by Gasteiger charge is -2.06. The fourth-order valence-electron chi connectivity index (χ4n) is 2.69. The van der Waals surface area contributed by atoms with Crippen molar-refractivity contribution in [3.05, 3.63) is 95.3 Å². The molecule has 2 aromatic heterocycles. The van der Waals surface area contributed by atoms with E-state index < -0.39 is 0 Å². The molecule has 5 nitrogen and oxygen atoms in total. The average molecular weight is 389 g/mol. The zero-order valence-electron chi connectivity index (χ0n) is 15.3. The van der Waals surface area contributed by atoms with Gasteiger partial charge in [-0.05, 0) is 55.5 Å². The van der Waals surface area contributed by atoms with E-state index in [2.05, 4.69) is 10.3 Å². The minimum Gasteiger partial charge on any atom is -0.456 e. The second kappa shape index (κ2) is 8.10. The molecule has 2 heterocycles. The maximum Gasteiger partial charge on any atom is 0.338 e. The number of hydrogen-bond acceptors (Lipinski definition) is 5. The molecule has 140 valence electrons. The van der Waals surface area contributed by atoms with E-state index in [1.807, 2.05) is 77.8 Å². The number of rotatable bonds is 6. The van der Waals surface area contributed by atoms with Crippen LogP contribution in [0.4, 0.5) is 10.8 Å². The summed E-state index contributed by atoms with van der Waals surface area (Å²) in [6.45, 7) is 2.19. The van der Waals surface area contributed by atoms with Crippen LogP contribution in [0.3, 0.4) is 0 Å². The topological polar surface area (TPSA) is 56.2 Å². The first-order valence-electron chi connectivity index (χ1n) is 8.86. The van der Waals surface area contributed by atoms with E-state index in [9.17, 15) is 4.79 Å². The third-order valence-electron chi connectivity index (χ3n) is 4.21. The molecule has 4 aromatic rings. The number of carbonyl (C=O) groups is 1. The van der Waals surface area contributed by atoms with Gasteiger partial charge in [-0.1, -0.05) is 17.7 Å². The molecular weight excluding hydrogens is 370 g/mol. The highest BCUT2D eigenvalue weighted by Crippen LogP contribution is 2.22. The molecule has 28 heavy (non-hydrogen) atoms. The van der Waals surface area contributed by atoms with Crippen LogP contribution in [0.25, 0.3) is 5.69 Å². The predicted molar refractivity (Wildman–Crippen MR) is 111 cm³/mol. The lowest BCUT2D eigenvalue weighted by Crippen LogP contribution is -2.05. The van der Waals surface area contributed by atoms with Crippen molar-refractivity contribution in [2.75, 3.05) is 5.32 Å². The Kier molecular flexibility index (Phi) is 5.21. The summed E-state index contributed by atoms with van der Waals surface area (Å²) in [5, 5.41) is 5.91. The van der Waals surface area contributed by atoms with Gasteiger partial charge >= 0.3 is 5.97 Å². The number of esters is 1. The smallest absolute Gasteiger partial charge is 0.338 e. The monoisotopic (exact) mass is 389 g/mol. The zero-order valence-corrected chi connectivity index (χ0v) is 16.1. The zero-order chi connectivity index (χ0) is 19.3. The number of carbonyl (C=O) groups excluding carboxylic acids is 1. The second-order valence-corrected chi connectivity index (χ2v) is 7.21. The molecule has 6 heteroatoms. The number of anilines is 2. The van der Waals surface area contributed by atoms with Crippen LogP contribution in [-0.4, -0.2) is 15.5 Å². The molecular formula is C22H19N3O2S. The Bertz CT molecular complexity index is 1050. The number of thiazole rings is 1. The summed E-state index contributed by atoms with van der Waals surface area (Å²) in [6.07, 6.45) is 3.91. The van der Waals surface area contributed by atoms with Crippen molar-refractivity contribution in [2.45, 2.75) is 13.5 Å². The molecule has 4 rings (SSSR count). The second-order valence-electron chi connectivity index (χ2n) is 6.35. The minimum absolute atomic E-state index is 0.143. The highest BCUT2D eigenvalue weighted by Gasteiger charge is 2.10. The first kappa shape index (κ1) is 18.0. The van der Waals surface area contributed by atoms with Gasteiger partial charge in [0.05, 0.1) is 11.3 Å². The quantitative estimate of drug-likeness (QED) is 0.452. The molecule has 0 unspecified atom stereocenters. The van der Waals surface area contributed by atoms with E-state index in [1.54, 1.807) is 12.1 Å². The highest BCUT2D eigenvalue weighted by molar-refractivity contribution is 7.13. The van der Waals surface area contributed by atoms with Crippen molar-refractivity contribution in [3.8, 4) is 5.69 Å². The van der Waals surface area contributed by atoms with Crippen LogP contribution >= 0.6 is 11.3 Å². The van der Waals surface area contributed by atoms with Crippen LogP contribution in [0.15, 0.2) is 78.4 Å². The predicted octanol–water partition coefficient (Wildman–Crippen LogP) is 5.34. The minimum atomic E-state index is -0.361. The number of aromatic nitrogens is 2. The van der Waals surface area contributed by atoms with Crippen molar-refractivity contribution in [3.63, 3.8) is 0 Å². The van der Waals surface area contributed by atoms with Crippen LogP contribution < -0.4 is 5.32 Å². The molecule has 0 bridgehead atoms. The number of benzene rings is 2. The number of nitrogens with one attached hydrogen (secondary N) is 1. The number of hydrogen-bond donors (Lipinski definition) is 1. The Morgan fingerprint density at radius 3 is 2.50 bits per heavy atom. The fraction of sp³-hybridized carbons (Fsp3) is 0.0909. The van der Waals surface area contributed by atoms with E-state index in [0.717, 1.165) is 22.2 Å². The van der Waals surface area contributed by atoms with E-state index in [4.69, 9.17) is 4.74 Å². The molecule has 0 aliphatic rings. The first-order chi connectivity index (χ1) is 13.7. The van der Waals surface area contributed by atoms with Gasteiger partial charge in [0, 0.05) is 29.1 Å². The van der Waals surface area contributed by atoms with Gasteiger partial charge in [-0.25, -0.2) is 9.78 Å². The Balaban J connectivity index is 1.33. The summed E-state index contributed by atoms with van der Waals surface area (Å²) in [5.74, 6) is -0.361. The van der Waals surface area contributed by atoms with Crippen molar-refractivity contribution in [1.29, 1.82) is 0 Å². The van der Waals surface area contributed by atoms with Gasteiger partial charge in [0.1, 0.15) is 6.61 Å². The molecule has 0 atom stereocenters. The van der Waals surface area contributed by atoms with Crippen molar-refractivity contribution < 1.29 is 9.53 Å². The van der Waals surface area contributed by atoms with E-state index in [0.29, 0.717) is 5.56 Å². The summed E-state index contributed by atoms with van der Waals surface area (Å²) in [5.41, 5.74) is 4.42. The molecule has 0 spiro atoms. The van der Waals surface area contributed by atoms with Crippen LogP contribution in [0.2, 0.25) is 0 Å². The van der Waals surface area contributed by atoms with Gasteiger partial charge in [-0.2, -0.15) is 0 Å². The molecule has 0 amide bonds. The molecule has 0 fully saturated rings. The number of nitrogens with zero attached hydrogens (tertiary/aromatic N) is 2. The molecule has 0 radical (unpaired) electrons. The number of aryl methyl sites for hydroxylation is 1. The molecule has 0 saturated carbocycles. The average Bonchev–Trinajstić information content (AvgIpc) is 3.40. The summed E-state index contributed by atoms with van der Waals surface area (Å²) < 4.78 is 7.37. The SMILES string of the molecule is Cc1ccc(Nc2nc(COC(=O)c3ccc(-n4cccc4)cc3)cs2)cc1. The van der Waals surface area contributed by atoms with Crippen molar-refractivity contribution in [2.24, 2.45) is 0 Å². The van der Waals surface area contributed by atoms with E-state index in [-0.39, 0.29) is 12.6 Å². The van der Waals surface area contributed by atoms with Gasteiger partial charge in [0.15, 0.2) is 5.13 Å². The highest BCUT2D eigenvalue weighted by atomic mass is 32.1. The molecule has 1 N–H and O–H groups in total. The number of ether oxygens (including phenoxy) is 1. The molecule has 0 saturated heterocycles. The third-order valence-corrected chi connectivity index (χ3v) is 5.02. The summed E-state index contributed by atoms with van der Waals surface area (Å²) in [6, 6.07) is 19.3. The molecule has 2 aromatic carbocycles. The largest absolute Gasteiger partial charge is 0.456 e. The Labute approximate surface area is 167 Å². The van der Waals surface area contributed by atoms with Gasteiger partial charge in [-0.15, -0.1) is 11.3 Å². The normalized spacial score (nSPS) is 10.6. The van der Waals surface area contributed by atoms with Crippen LogP contribution in [0.1, 0.15) is 21.6 Å². The first-order valence-corrected chi connectivity index (χ1v) is 9.74. The Hall–Kier alpha value is -3.38. The molecule has 0 aliphatic carbocycles. The summed E-state index contributed by atoms with van der Waals surface area (Å²) in [4.78, 5) is 16.7. The van der Waals surface area contributed by atoms with Crippen LogP contribution in [0.5, 0.6) is 0 Å². The van der Waals surface area contributed by atoms with E-state index in [1.165, 1.54) is 16.9 Å². The van der Waals surface area contributed by atoms with Crippen molar-refractivity contribution >= 4 is 28.1 Å². The third kappa shape index (κ3) is 4.29. The van der Waals surface area contributed by atoms with E-state index >= 15 is 0 Å². The van der Waals surface area contributed by atoms with Gasteiger partial charge in [0.2, 0.25) is 0 Å². The maximum atomic E-state index is 12.3. The summed E-state index contributed by atoms with van der Waals surface area (Å²) >= 11 is 1.48. The lowest BCUT2D eigenvalue weighted by molar-refractivity contribution is 0.0468. The van der Waals surface area contributed by atoms with Gasteiger partial charge in [0.25, 0.3) is 0 Å². The molecule has 0 aliphatic heterocycles. The van der Waals surface area contributed by atoms with Gasteiger partial charge in [-0.3, -0.25) is 0 Å². The Morgan fingerprint density at radius 1 is 1.07 bits per heavy atom. The summed E-state index contributed by atoms with van der Waals surface area (Å²) in [7, 11) is 0. The van der Waals surface area contributed by atoms with Gasteiger partial charge < -0.3 is 14.6 Å².